The Morgan fingerprint density at radius 3 is 2.75 bits per heavy atom. The van der Waals surface area contributed by atoms with Crippen molar-refractivity contribution in [2.24, 2.45) is 0 Å². The summed E-state index contributed by atoms with van der Waals surface area (Å²) in [6, 6.07) is 6.67. The summed E-state index contributed by atoms with van der Waals surface area (Å²) in [5.41, 5.74) is 0.246. The van der Waals surface area contributed by atoms with Crippen molar-refractivity contribution in [2.45, 2.75) is 13.3 Å². The molecule has 0 spiro atoms. The first-order valence-electron chi connectivity index (χ1n) is 5.97. The third-order valence-electron chi connectivity index (χ3n) is 2.44. The average Bonchev–Trinajstić information content (AvgIpc) is 2.44. The fourth-order valence-electron chi connectivity index (χ4n) is 1.66. The van der Waals surface area contributed by atoms with Crippen LogP contribution in [0, 0.1) is 0 Å². The van der Waals surface area contributed by atoms with Crippen molar-refractivity contribution in [1.29, 1.82) is 0 Å². The van der Waals surface area contributed by atoms with Gasteiger partial charge in [-0.15, -0.1) is 10.2 Å². The molecule has 1 aromatic carbocycles. The van der Waals surface area contributed by atoms with Crippen LogP contribution in [0.15, 0.2) is 24.3 Å². The number of hydrogen-bond donors (Lipinski definition) is 0. The maximum Gasteiger partial charge on any atom is 0.362 e. The first-order valence-corrected chi connectivity index (χ1v) is 5.97. The number of carbonyl (C=O) groups excluding carboxylic acids is 1. The van der Waals surface area contributed by atoms with Gasteiger partial charge in [0.05, 0.1) is 12.1 Å². The van der Waals surface area contributed by atoms with Crippen molar-refractivity contribution < 1.29 is 23.0 Å². The normalized spacial score (nSPS) is 10.8. The largest absolute Gasteiger partial charge is 0.484 e. The van der Waals surface area contributed by atoms with Crippen molar-refractivity contribution in [3.05, 3.63) is 30.0 Å². The molecule has 2 rings (SSSR count). The standard InChI is InChI=1S/C13H12F2N2O3/c1-2-19-13(18)11-12(20-7-10(14)15)8-5-3-4-6-9(8)16-17-11/h3-6,10H,2,7H2,1H3. The van der Waals surface area contributed by atoms with Gasteiger partial charge in [-0.25, -0.2) is 13.6 Å². The zero-order valence-electron chi connectivity index (χ0n) is 10.7. The van der Waals surface area contributed by atoms with E-state index in [0.29, 0.717) is 10.9 Å². The van der Waals surface area contributed by atoms with E-state index >= 15 is 0 Å². The van der Waals surface area contributed by atoms with Gasteiger partial charge < -0.3 is 9.47 Å². The molecule has 20 heavy (non-hydrogen) atoms. The average molecular weight is 282 g/mol. The number of ether oxygens (including phenoxy) is 2. The van der Waals surface area contributed by atoms with E-state index in [1.165, 1.54) is 0 Å². The monoisotopic (exact) mass is 282 g/mol. The summed E-state index contributed by atoms with van der Waals surface area (Å²) in [6.45, 7) is 0.940. The molecule has 0 fully saturated rings. The third-order valence-corrected chi connectivity index (χ3v) is 2.44. The van der Waals surface area contributed by atoms with Gasteiger partial charge in [0.25, 0.3) is 6.43 Å². The van der Waals surface area contributed by atoms with Gasteiger partial charge in [-0.2, -0.15) is 0 Å². The van der Waals surface area contributed by atoms with Crippen LogP contribution in [0.25, 0.3) is 10.9 Å². The molecule has 0 radical (unpaired) electrons. The molecule has 0 aliphatic rings. The van der Waals surface area contributed by atoms with Crippen molar-refractivity contribution >= 4 is 16.9 Å². The lowest BCUT2D eigenvalue weighted by Crippen LogP contribution is -2.14. The Hall–Kier alpha value is -2.31. The summed E-state index contributed by atoms with van der Waals surface area (Å²) in [4.78, 5) is 11.8. The molecule has 1 heterocycles. The van der Waals surface area contributed by atoms with E-state index in [0.717, 1.165) is 0 Å². The highest BCUT2D eigenvalue weighted by atomic mass is 19.3. The number of nitrogens with zero attached hydrogens (tertiary/aromatic N) is 2. The van der Waals surface area contributed by atoms with Crippen LogP contribution in [-0.4, -0.2) is 35.8 Å². The molecular formula is C13H12F2N2O3. The Bertz CT molecular complexity index is 620. The Labute approximate surface area is 113 Å². The summed E-state index contributed by atoms with van der Waals surface area (Å²) >= 11 is 0. The minimum atomic E-state index is -2.66. The van der Waals surface area contributed by atoms with Crippen LogP contribution < -0.4 is 4.74 Å². The van der Waals surface area contributed by atoms with Crippen LogP contribution in [-0.2, 0) is 4.74 Å². The van der Waals surface area contributed by atoms with E-state index in [1.54, 1.807) is 31.2 Å². The van der Waals surface area contributed by atoms with Crippen LogP contribution in [0.2, 0.25) is 0 Å². The molecule has 7 heteroatoms. The van der Waals surface area contributed by atoms with Crippen LogP contribution in [0.5, 0.6) is 5.75 Å². The molecule has 2 aromatic rings. The van der Waals surface area contributed by atoms with E-state index in [-0.39, 0.29) is 18.1 Å². The summed E-state index contributed by atoms with van der Waals surface area (Å²) in [5.74, 6) is -0.788. The predicted molar refractivity (Wildman–Crippen MR) is 67.0 cm³/mol. The van der Waals surface area contributed by atoms with Gasteiger partial charge in [0.15, 0.2) is 5.75 Å². The van der Waals surface area contributed by atoms with Crippen molar-refractivity contribution in [3.63, 3.8) is 0 Å². The number of halogens is 2. The lowest BCUT2D eigenvalue weighted by atomic mass is 10.2. The van der Waals surface area contributed by atoms with E-state index in [4.69, 9.17) is 9.47 Å². The molecule has 0 amide bonds. The molecule has 0 bridgehead atoms. The molecule has 0 unspecified atom stereocenters. The molecule has 1 aromatic heterocycles. The van der Waals surface area contributed by atoms with E-state index in [2.05, 4.69) is 10.2 Å². The molecule has 0 aliphatic carbocycles. The van der Waals surface area contributed by atoms with E-state index in [9.17, 15) is 13.6 Å². The second kappa shape index (κ2) is 6.23. The van der Waals surface area contributed by atoms with Crippen LogP contribution in [0.4, 0.5) is 8.78 Å². The maximum absolute atomic E-state index is 12.3. The zero-order chi connectivity index (χ0) is 14.5. The quantitative estimate of drug-likeness (QED) is 0.788. The highest BCUT2D eigenvalue weighted by Crippen LogP contribution is 2.27. The van der Waals surface area contributed by atoms with Gasteiger partial charge in [-0.1, -0.05) is 12.1 Å². The van der Waals surface area contributed by atoms with Gasteiger partial charge in [0, 0.05) is 5.39 Å². The minimum absolute atomic E-state index is 0.0330. The van der Waals surface area contributed by atoms with Crippen molar-refractivity contribution in [1.82, 2.24) is 10.2 Å². The number of aromatic nitrogens is 2. The Kier molecular flexibility index (Phi) is 4.39. The summed E-state index contributed by atoms with van der Waals surface area (Å²) in [5, 5.41) is 8.00. The molecule has 5 nitrogen and oxygen atoms in total. The molecule has 0 aliphatic heterocycles. The summed E-state index contributed by atoms with van der Waals surface area (Å²) < 4.78 is 34.5. The summed E-state index contributed by atoms with van der Waals surface area (Å²) in [7, 11) is 0. The van der Waals surface area contributed by atoms with Crippen LogP contribution >= 0.6 is 0 Å². The third kappa shape index (κ3) is 2.98. The van der Waals surface area contributed by atoms with E-state index in [1.807, 2.05) is 0 Å². The highest BCUT2D eigenvalue weighted by Gasteiger charge is 2.21. The van der Waals surface area contributed by atoms with Gasteiger partial charge in [-0.3, -0.25) is 0 Å². The van der Waals surface area contributed by atoms with Gasteiger partial charge >= 0.3 is 5.97 Å². The number of rotatable bonds is 5. The second-order valence-corrected chi connectivity index (χ2v) is 3.82. The molecule has 0 saturated carbocycles. The van der Waals surface area contributed by atoms with E-state index < -0.39 is 19.0 Å². The van der Waals surface area contributed by atoms with Crippen molar-refractivity contribution in [2.75, 3.05) is 13.2 Å². The number of benzene rings is 1. The lowest BCUT2D eigenvalue weighted by Gasteiger charge is -2.11. The Morgan fingerprint density at radius 2 is 2.05 bits per heavy atom. The van der Waals surface area contributed by atoms with Crippen LogP contribution in [0.3, 0.4) is 0 Å². The molecule has 0 atom stereocenters. The minimum Gasteiger partial charge on any atom is -0.484 e. The number of alkyl halides is 2. The lowest BCUT2D eigenvalue weighted by molar-refractivity contribution is 0.0499. The smallest absolute Gasteiger partial charge is 0.362 e. The molecular weight excluding hydrogens is 270 g/mol. The second-order valence-electron chi connectivity index (χ2n) is 3.82. The van der Waals surface area contributed by atoms with Crippen molar-refractivity contribution in [3.8, 4) is 5.75 Å². The summed E-state index contributed by atoms with van der Waals surface area (Å²) in [6.07, 6.45) is -2.66. The Morgan fingerprint density at radius 1 is 1.30 bits per heavy atom. The number of hydrogen-bond acceptors (Lipinski definition) is 5. The van der Waals surface area contributed by atoms with Gasteiger partial charge in [0.2, 0.25) is 5.69 Å². The van der Waals surface area contributed by atoms with Gasteiger partial charge in [-0.05, 0) is 19.1 Å². The fourth-order valence-corrected chi connectivity index (χ4v) is 1.66. The number of carbonyl (C=O) groups is 1. The SMILES string of the molecule is CCOC(=O)c1nnc2ccccc2c1OCC(F)F. The topological polar surface area (TPSA) is 61.3 Å². The number of fused-ring (bicyclic) bond motifs is 1. The molecule has 0 saturated heterocycles. The first kappa shape index (κ1) is 14.1. The molecule has 0 N–H and O–H groups in total. The maximum atomic E-state index is 12.3. The van der Waals surface area contributed by atoms with Crippen LogP contribution in [0.1, 0.15) is 17.4 Å². The zero-order valence-corrected chi connectivity index (χ0v) is 10.7. The molecule has 106 valence electrons. The highest BCUT2D eigenvalue weighted by molar-refractivity contribution is 5.97. The Balaban J connectivity index is 2.49. The first-order chi connectivity index (χ1) is 9.63. The fraction of sp³-hybridized carbons (Fsp3) is 0.308. The predicted octanol–water partition coefficient (Wildman–Crippen LogP) is 2.45. The number of esters is 1. The van der Waals surface area contributed by atoms with Gasteiger partial charge in [0.1, 0.15) is 6.61 Å².